The summed E-state index contributed by atoms with van der Waals surface area (Å²) in [5.74, 6) is 0.857. The molecule has 0 spiro atoms. The second kappa shape index (κ2) is 8.65. The molecule has 2 aromatic carbocycles. The van der Waals surface area contributed by atoms with Gasteiger partial charge in [-0.1, -0.05) is 35.9 Å². The van der Waals surface area contributed by atoms with Crippen LogP contribution in [0.3, 0.4) is 0 Å². The number of aromatic nitrogens is 1. The predicted octanol–water partition coefficient (Wildman–Crippen LogP) is 5.13. The standard InChI is InChI=1S/C21H20F2N2O3/c1-13-6-8-15(9-7-13)18-12-24-20(27-18)11-10-19(26)25-16-4-3-5-17(14(16)2)28-21(22)23/h3-9,12,21H,10-11H2,1-2H3,(H,25,26). The van der Waals surface area contributed by atoms with Gasteiger partial charge in [0.15, 0.2) is 11.7 Å². The molecule has 5 nitrogen and oxygen atoms in total. The van der Waals surface area contributed by atoms with Crippen LogP contribution in [0.5, 0.6) is 5.75 Å². The molecule has 0 bridgehead atoms. The summed E-state index contributed by atoms with van der Waals surface area (Å²) >= 11 is 0. The van der Waals surface area contributed by atoms with E-state index in [1.54, 1.807) is 25.3 Å². The predicted molar refractivity (Wildman–Crippen MR) is 101 cm³/mol. The van der Waals surface area contributed by atoms with Gasteiger partial charge >= 0.3 is 6.61 Å². The molecule has 7 heteroatoms. The number of aryl methyl sites for hydroxylation is 2. The highest BCUT2D eigenvalue weighted by Crippen LogP contribution is 2.27. The molecule has 1 heterocycles. The monoisotopic (exact) mass is 386 g/mol. The molecule has 0 atom stereocenters. The fraction of sp³-hybridized carbons (Fsp3) is 0.238. The summed E-state index contributed by atoms with van der Waals surface area (Å²) in [6, 6.07) is 12.5. The van der Waals surface area contributed by atoms with Gasteiger partial charge in [0.1, 0.15) is 5.75 Å². The molecule has 1 amide bonds. The van der Waals surface area contributed by atoms with Crippen molar-refractivity contribution in [1.29, 1.82) is 0 Å². The maximum Gasteiger partial charge on any atom is 0.387 e. The molecule has 0 aliphatic carbocycles. The molecule has 0 saturated carbocycles. The highest BCUT2D eigenvalue weighted by Gasteiger charge is 2.13. The average molecular weight is 386 g/mol. The fourth-order valence-corrected chi connectivity index (χ4v) is 2.68. The molecule has 0 aliphatic heterocycles. The Morgan fingerprint density at radius 2 is 1.93 bits per heavy atom. The van der Waals surface area contributed by atoms with Gasteiger partial charge in [-0.2, -0.15) is 8.78 Å². The summed E-state index contributed by atoms with van der Waals surface area (Å²) in [7, 11) is 0. The molecule has 0 aliphatic rings. The molecular weight excluding hydrogens is 366 g/mol. The fourth-order valence-electron chi connectivity index (χ4n) is 2.68. The Hall–Kier alpha value is -3.22. The summed E-state index contributed by atoms with van der Waals surface area (Å²) in [5, 5.41) is 2.71. The molecule has 0 saturated heterocycles. The smallest absolute Gasteiger partial charge is 0.387 e. The van der Waals surface area contributed by atoms with E-state index >= 15 is 0 Å². The van der Waals surface area contributed by atoms with Gasteiger partial charge in [0.05, 0.1) is 6.20 Å². The number of carbonyl (C=O) groups is 1. The van der Waals surface area contributed by atoms with E-state index in [0.29, 0.717) is 29.3 Å². The summed E-state index contributed by atoms with van der Waals surface area (Å²) in [6.45, 7) is 0.693. The van der Waals surface area contributed by atoms with Crippen molar-refractivity contribution in [2.45, 2.75) is 33.3 Å². The minimum absolute atomic E-state index is 0.0308. The van der Waals surface area contributed by atoms with Crippen LogP contribution in [-0.4, -0.2) is 17.5 Å². The lowest BCUT2D eigenvalue weighted by molar-refractivity contribution is -0.116. The largest absolute Gasteiger partial charge is 0.441 e. The lowest BCUT2D eigenvalue weighted by Gasteiger charge is -2.12. The summed E-state index contributed by atoms with van der Waals surface area (Å²) in [6.07, 6.45) is 2.10. The van der Waals surface area contributed by atoms with Gasteiger partial charge in [-0.3, -0.25) is 4.79 Å². The molecule has 0 unspecified atom stereocenters. The number of oxazole rings is 1. The number of carbonyl (C=O) groups excluding carboxylic acids is 1. The Labute approximate surface area is 161 Å². The SMILES string of the molecule is Cc1ccc(-c2cnc(CCC(=O)Nc3cccc(OC(F)F)c3C)o2)cc1. The molecule has 146 valence electrons. The second-order valence-electron chi connectivity index (χ2n) is 6.34. The van der Waals surface area contributed by atoms with Crippen molar-refractivity contribution < 1.29 is 22.7 Å². The Morgan fingerprint density at radius 1 is 1.18 bits per heavy atom. The van der Waals surface area contributed by atoms with Gasteiger partial charge in [-0.25, -0.2) is 4.98 Å². The van der Waals surface area contributed by atoms with E-state index in [4.69, 9.17) is 4.42 Å². The molecular formula is C21H20F2N2O3. The maximum absolute atomic E-state index is 12.4. The van der Waals surface area contributed by atoms with Gasteiger partial charge in [0.2, 0.25) is 5.91 Å². The molecule has 0 radical (unpaired) electrons. The zero-order valence-corrected chi connectivity index (χ0v) is 15.5. The number of alkyl halides is 2. The van der Waals surface area contributed by atoms with E-state index in [1.165, 1.54) is 6.07 Å². The first-order chi connectivity index (χ1) is 13.4. The van der Waals surface area contributed by atoms with Crippen LogP contribution in [0.4, 0.5) is 14.5 Å². The molecule has 3 rings (SSSR count). The first-order valence-corrected chi connectivity index (χ1v) is 8.78. The van der Waals surface area contributed by atoms with Crippen molar-refractivity contribution in [1.82, 2.24) is 4.98 Å². The lowest BCUT2D eigenvalue weighted by Crippen LogP contribution is -2.14. The van der Waals surface area contributed by atoms with Crippen molar-refractivity contribution in [3.8, 4) is 17.1 Å². The number of nitrogens with zero attached hydrogens (tertiary/aromatic N) is 1. The summed E-state index contributed by atoms with van der Waals surface area (Å²) in [5.41, 5.74) is 2.93. The number of hydrogen-bond acceptors (Lipinski definition) is 4. The van der Waals surface area contributed by atoms with Gasteiger partial charge in [0, 0.05) is 29.7 Å². The van der Waals surface area contributed by atoms with E-state index in [0.717, 1.165) is 11.1 Å². The summed E-state index contributed by atoms with van der Waals surface area (Å²) in [4.78, 5) is 16.4. The Bertz CT molecular complexity index is 953. The van der Waals surface area contributed by atoms with Crippen LogP contribution < -0.4 is 10.1 Å². The number of anilines is 1. The third-order valence-corrected chi connectivity index (χ3v) is 4.23. The quantitative estimate of drug-likeness (QED) is 0.611. The van der Waals surface area contributed by atoms with E-state index in [1.807, 2.05) is 31.2 Å². The van der Waals surface area contributed by atoms with Crippen LogP contribution in [0.25, 0.3) is 11.3 Å². The second-order valence-corrected chi connectivity index (χ2v) is 6.34. The molecule has 0 fully saturated rings. The van der Waals surface area contributed by atoms with Gasteiger partial charge in [-0.05, 0) is 26.0 Å². The number of ether oxygens (including phenoxy) is 1. The number of hydrogen-bond donors (Lipinski definition) is 1. The van der Waals surface area contributed by atoms with E-state index in [2.05, 4.69) is 15.0 Å². The number of nitrogens with one attached hydrogen (secondary N) is 1. The Balaban J connectivity index is 1.59. The van der Waals surface area contributed by atoms with Crippen molar-refractivity contribution in [2.24, 2.45) is 0 Å². The Morgan fingerprint density at radius 3 is 2.64 bits per heavy atom. The number of rotatable bonds is 7. The highest BCUT2D eigenvalue weighted by molar-refractivity contribution is 5.91. The zero-order valence-electron chi connectivity index (χ0n) is 15.5. The van der Waals surface area contributed by atoms with E-state index < -0.39 is 6.61 Å². The van der Waals surface area contributed by atoms with Gasteiger partial charge in [0.25, 0.3) is 0 Å². The molecule has 1 aromatic heterocycles. The number of halogens is 2. The zero-order chi connectivity index (χ0) is 20.1. The van der Waals surface area contributed by atoms with Crippen molar-refractivity contribution in [3.05, 3.63) is 65.7 Å². The van der Waals surface area contributed by atoms with E-state index in [9.17, 15) is 13.6 Å². The maximum atomic E-state index is 12.4. The normalized spacial score (nSPS) is 10.9. The first-order valence-electron chi connectivity index (χ1n) is 8.78. The van der Waals surface area contributed by atoms with Crippen LogP contribution in [0.2, 0.25) is 0 Å². The van der Waals surface area contributed by atoms with Crippen molar-refractivity contribution in [3.63, 3.8) is 0 Å². The summed E-state index contributed by atoms with van der Waals surface area (Å²) < 4.78 is 35.0. The molecule has 1 N–H and O–H groups in total. The average Bonchev–Trinajstić information content (AvgIpc) is 3.13. The topological polar surface area (TPSA) is 64.4 Å². The van der Waals surface area contributed by atoms with E-state index in [-0.39, 0.29) is 18.1 Å². The molecule has 3 aromatic rings. The van der Waals surface area contributed by atoms with Gasteiger partial charge in [-0.15, -0.1) is 0 Å². The van der Waals surface area contributed by atoms with Crippen LogP contribution in [0.1, 0.15) is 23.4 Å². The van der Waals surface area contributed by atoms with Crippen LogP contribution in [-0.2, 0) is 11.2 Å². The van der Waals surface area contributed by atoms with Crippen molar-refractivity contribution >= 4 is 11.6 Å². The number of benzene rings is 2. The lowest BCUT2D eigenvalue weighted by atomic mass is 10.1. The first kappa shape index (κ1) is 19.5. The highest BCUT2D eigenvalue weighted by atomic mass is 19.3. The van der Waals surface area contributed by atoms with Gasteiger partial charge < -0.3 is 14.5 Å². The third-order valence-electron chi connectivity index (χ3n) is 4.23. The molecule has 28 heavy (non-hydrogen) atoms. The minimum Gasteiger partial charge on any atom is -0.441 e. The third kappa shape index (κ3) is 4.94. The minimum atomic E-state index is -2.92. The number of amides is 1. The van der Waals surface area contributed by atoms with Crippen LogP contribution in [0.15, 0.2) is 53.1 Å². The van der Waals surface area contributed by atoms with Crippen LogP contribution >= 0.6 is 0 Å². The van der Waals surface area contributed by atoms with Crippen molar-refractivity contribution in [2.75, 3.05) is 5.32 Å². The van der Waals surface area contributed by atoms with Crippen LogP contribution in [0, 0.1) is 13.8 Å². The Kier molecular flexibility index (Phi) is 6.03.